The predicted molar refractivity (Wildman–Crippen MR) is 74.5 cm³/mol. The topological polar surface area (TPSA) is 97.5 Å². The Morgan fingerprint density at radius 3 is 3.00 bits per heavy atom. The van der Waals surface area contributed by atoms with Gasteiger partial charge in [0.1, 0.15) is 5.82 Å². The van der Waals surface area contributed by atoms with E-state index in [9.17, 15) is 9.90 Å². The van der Waals surface area contributed by atoms with Crippen LogP contribution in [0.3, 0.4) is 0 Å². The summed E-state index contributed by atoms with van der Waals surface area (Å²) in [7, 11) is 1.35. The minimum Gasteiger partial charge on any atom is -0.469 e. The average Bonchev–Trinajstić information content (AvgIpc) is 2.35. The number of carbonyl (C=O) groups is 1. The zero-order valence-electron chi connectivity index (χ0n) is 10.5. The van der Waals surface area contributed by atoms with Gasteiger partial charge < -0.3 is 20.9 Å². The second kappa shape index (κ2) is 5.34. The molecular weight excluding hydrogens is 314 g/mol. The number of nitrogen functional groups attached to an aromatic ring is 1. The van der Waals surface area contributed by atoms with Crippen molar-refractivity contribution >= 4 is 33.4 Å². The number of halogens is 1. The molecule has 0 aliphatic heterocycles. The molecule has 1 fully saturated rings. The molecule has 0 bridgehead atoms. The van der Waals surface area contributed by atoms with Crippen LogP contribution in [0.5, 0.6) is 0 Å². The van der Waals surface area contributed by atoms with Crippen LogP contribution in [0.25, 0.3) is 0 Å². The molecule has 0 saturated heterocycles. The van der Waals surface area contributed by atoms with Gasteiger partial charge >= 0.3 is 5.97 Å². The summed E-state index contributed by atoms with van der Waals surface area (Å²) in [5, 5.41) is 12.5. The molecule has 0 radical (unpaired) electrons. The Labute approximate surface area is 119 Å². The number of rotatable bonds is 4. The molecular formula is C12H16BrN3O3. The average molecular weight is 330 g/mol. The first-order valence-corrected chi connectivity index (χ1v) is 6.67. The molecule has 7 heteroatoms. The molecule has 1 aromatic heterocycles. The molecule has 0 atom stereocenters. The number of aliphatic hydroxyl groups excluding tert-OH is 1. The first-order chi connectivity index (χ1) is 8.97. The minimum atomic E-state index is -0.678. The van der Waals surface area contributed by atoms with E-state index in [1.54, 1.807) is 12.3 Å². The van der Waals surface area contributed by atoms with Crippen molar-refractivity contribution in [1.29, 1.82) is 0 Å². The Bertz CT molecular complexity index is 489. The monoisotopic (exact) mass is 329 g/mol. The number of pyridine rings is 1. The van der Waals surface area contributed by atoms with Gasteiger partial charge in [-0.1, -0.05) is 0 Å². The smallest absolute Gasteiger partial charge is 0.313 e. The van der Waals surface area contributed by atoms with Crippen molar-refractivity contribution in [1.82, 2.24) is 4.98 Å². The summed E-state index contributed by atoms with van der Waals surface area (Å²) < 4.78 is 5.60. The number of aliphatic hydroxyl groups is 1. The number of ether oxygens (including phenoxy) is 1. The summed E-state index contributed by atoms with van der Waals surface area (Å²) in [5.74, 6) is 0.0508. The van der Waals surface area contributed by atoms with Crippen molar-refractivity contribution in [3.05, 3.63) is 16.7 Å². The normalized spacial score (nSPS) is 25.5. The summed E-state index contributed by atoms with van der Waals surface area (Å²) >= 11 is 3.31. The van der Waals surface area contributed by atoms with Gasteiger partial charge in [-0.15, -0.1) is 0 Å². The molecule has 104 valence electrons. The lowest BCUT2D eigenvalue weighted by Gasteiger charge is -2.42. The van der Waals surface area contributed by atoms with E-state index in [4.69, 9.17) is 10.5 Å². The number of esters is 1. The van der Waals surface area contributed by atoms with Crippen molar-refractivity contribution in [3.8, 4) is 0 Å². The quantitative estimate of drug-likeness (QED) is 0.717. The van der Waals surface area contributed by atoms with Gasteiger partial charge in [-0.3, -0.25) is 4.79 Å². The molecule has 2 rings (SSSR count). The second-order valence-electron chi connectivity index (χ2n) is 4.77. The van der Waals surface area contributed by atoms with E-state index >= 15 is 0 Å². The van der Waals surface area contributed by atoms with E-state index in [-0.39, 0.29) is 5.97 Å². The second-order valence-corrected chi connectivity index (χ2v) is 5.69. The van der Waals surface area contributed by atoms with Crippen molar-refractivity contribution in [2.75, 3.05) is 24.7 Å². The van der Waals surface area contributed by atoms with Crippen LogP contribution in [0.1, 0.15) is 12.8 Å². The van der Waals surface area contributed by atoms with Gasteiger partial charge in [0.2, 0.25) is 0 Å². The van der Waals surface area contributed by atoms with E-state index in [0.29, 0.717) is 30.9 Å². The zero-order chi connectivity index (χ0) is 14.0. The van der Waals surface area contributed by atoms with E-state index in [1.807, 2.05) is 0 Å². The van der Waals surface area contributed by atoms with Crippen molar-refractivity contribution in [3.63, 3.8) is 0 Å². The zero-order valence-corrected chi connectivity index (χ0v) is 12.1. The lowest BCUT2D eigenvalue weighted by atomic mass is 9.66. The van der Waals surface area contributed by atoms with E-state index in [0.717, 1.165) is 4.47 Å². The SMILES string of the molecule is COC(=O)C1(CNc2cc(Br)cnc2N)CC(O)C1. The number of hydrogen-bond donors (Lipinski definition) is 3. The molecule has 0 spiro atoms. The summed E-state index contributed by atoms with van der Waals surface area (Å²) in [5.41, 5.74) is 5.73. The van der Waals surface area contributed by atoms with Crippen LogP contribution >= 0.6 is 15.9 Å². The Kier molecular flexibility index (Phi) is 3.96. The van der Waals surface area contributed by atoms with Crippen molar-refractivity contribution in [2.45, 2.75) is 18.9 Å². The molecule has 0 unspecified atom stereocenters. The summed E-state index contributed by atoms with van der Waals surface area (Å²) in [6.45, 7) is 0.360. The fourth-order valence-electron chi connectivity index (χ4n) is 2.30. The largest absolute Gasteiger partial charge is 0.469 e. The summed E-state index contributed by atoms with van der Waals surface area (Å²) in [6, 6.07) is 1.79. The van der Waals surface area contributed by atoms with Crippen LogP contribution in [0.15, 0.2) is 16.7 Å². The maximum Gasteiger partial charge on any atom is 0.313 e. The van der Waals surface area contributed by atoms with Gasteiger partial charge in [0.15, 0.2) is 0 Å². The highest BCUT2D eigenvalue weighted by atomic mass is 79.9. The number of aromatic nitrogens is 1. The number of nitrogens with two attached hydrogens (primary N) is 1. The Morgan fingerprint density at radius 1 is 1.74 bits per heavy atom. The number of nitrogens with one attached hydrogen (secondary N) is 1. The fraction of sp³-hybridized carbons (Fsp3) is 0.500. The summed E-state index contributed by atoms with van der Waals surface area (Å²) in [4.78, 5) is 15.8. The van der Waals surface area contributed by atoms with Gasteiger partial charge in [0.25, 0.3) is 0 Å². The molecule has 1 heterocycles. The van der Waals surface area contributed by atoms with Gasteiger partial charge in [0, 0.05) is 17.2 Å². The van der Waals surface area contributed by atoms with Gasteiger partial charge in [-0.05, 0) is 34.8 Å². The van der Waals surface area contributed by atoms with Crippen LogP contribution in [0, 0.1) is 5.41 Å². The third-order valence-electron chi connectivity index (χ3n) is 3.37. The number of nitrogens with zero attached hydrogens (tertiary/aromatic N) is 1. The standard InChI is InChI=1S/C12H16BrN3O3/c1-19-11(18)12(3-8(17)4-12)6-16-9-2-7(13)5-15-10(9)14/h2,5,8,16-17H,3-4,6H2,1H3,(H2,14,15). The van der Waals surface area contributed by atoms with E-state index in [1.165, 1.54) is 7.11 Å². The third kappa shape index (κ3) is 2.82. The lowest BCUT2D eigenvalue weighted by molar-refractivity contribution is -0.165. The van der Waals surface area contributed by atoms with Crippen LogP contribution in [0.4, 0.5) is 11.5 Å². The molecule has 1 aliphatic rings. The highest BCUT2D eigenvalue weighted by molar-refractivity contribution is 9.10. The Balaban J connectivity index is 2.08. The van der Waals surface area contributed by atoms with Crippen molar-refractivity contribution < 1.29 is 14.6 Å². The first-order valence-electron chi connectivity index (χ1n) is 5.88. The van der Waals surface area contributed by atoms with Crippen LogP contribution < -0.4 is 11.1 Å². The molecule has 0 aromatic carbocycles. The highest BCUT2D eigenvalue weighted by Crippen LogP contribution is 2.42. The Hall–Kier alpha value is -1.34. The molecule has 6 nitrogen and oxygen atoms in total. The predicted octanol–water partition coefficient (Wildman–Crippen LogP) is 1.15. The maximum atomic E-state index is 11.8. The number of carbonyl (C=O) groups excluding carboxylic acids is 1. The molecule has 1 aromatic rings. The van der Waals surface area contributed by atoms with Crippen LogP contribution in [-0.2, 0) is 9.53 Å². The number of hydrogen-bond acceptors (Lipinski definition) is 6. The van der Waals surface area contributed by atoms with Crippen molar-refractivity contribution in [2.24, 2.45) is 5.41 Å². The first kappa shape index (κ1) is 14.1. The van der Waals surface area contributed by atoms with Gasteiger partial charge in [-0.25, -0.2) is 4.98 Å². The van der Waals surface area contributed by atoms with E-state index < -0.39 is 11.5 Å². The molecule has 0 amide bonds. The van der Waals surface area contributed by atoms with Gasteiger partial charge in [0.05, 0.1) is 24.3 Å². The molecule has 19 heavy (non-hydrogen) atoms. The molecule has 4 N–H and O–H groups in total. The molecule has 1 saturated carbocycles. The van der Waals surface area contributed by atoms with Crippen LogP contribution in [0.2, 0.25) is 0 Å². The van der Waals surface area contributed by atoms with Crippen LogP contribution in [-0.4, -0.2) is 35.8 Å². The lowest BCUT2D eigenvalue weighted by Crippen LogP contribution is -2.51. The third-order valence-corrected chi connectivity index (χ3v) is 3.81. The fourth-order valence-corrected chi connectivity index (χ4v) is 2.63. The maximum absolute atomic E-state index is 11.8. The number of methoxy groups -OCH3 is 1. The van der Waals surface area contributed by atoms with Gasteiger partial charge in [-0.2, -0.15) is 0 Å². The molecule has 1 aliphatic carbocycles. The Morgan fingerprint density at radius 2 is 2.42 bits per heavy atom. The highest BCUT2D eigenvalue weighted by Gasteiger charge is 2.50. The number of anilines is 2. The van der Waals surface area contributed by atoms with E-state index in [2.05, 4.69) is 26.2 Å². The summed E-state index contributed by atoms with van der Waals surface area (Å²) in [6.07, 6.45) is 1.95. The minimum absolute atomic E-state index is 0.313.